The van der Waals surface area contributed by atoms with E-state index in [-0.39, 0.29) is 23.6 Å². The van der Waals surface area contributed by atoms with E-state index in [1.165, 1.54) is 31.3 Å². The summed E-state index contributed by atoms with van der Waals surface area (Å²) in [6, 6.07) is 21.6. The van der Waals surface area contributed by atoms with Gasteiger partial charge in [-0.3, -0.25) is 15.0 Å². The Hall–Kier alpha value is -4.38. The summed E-state index contributed by atoms with van der Waals surface area (Å²) in [7, 11) is 1.17. The molecule has 0 aromatic heterocycles. The molecule has 10 nitrogen and oxygen atoms in total. The zero-order valence-electron chi connectivity index (χ0n) is 25.3. The molecular formula is C34H38N2O8. The molecule has 10 heteroatoms. The maximum atomic E-state index is 14.3. The molecular weight excluding hydrogens is 564 g/mol. The summed E-state index contributed by atoms with van der Waals surface area (Å²) < 4.78 is 11.9. The van der Waals surface area contributed by atoms with Crippen molar-refractivity contribution in [1.29, 1.82) is 0 Å². The molecule has 3 aromatic carbocycles. The van der Waals surface area contributed by atoms with E-state index in [1.807, 2.05) is 37.3 Å². The Bertz CT molecular complexity index is 1490. The van der Waals surface area contributed by atoms with Gasteiger partial charge in [0.15, 0.2) is 0 Å². The lowest BCUT2D eigenvalue weighted by atomic mass is 9.81. The van der Waals surface area contributed by atoms with Crippen molar-refractivity contribution in [3.05, 3.63) is 107 Å². The first-order chi connectivity index (χ1) is 20.9. The molecule has 0 bridgehead atoms. The van der Waals surface area contributed by atoms with Crippen LogP contribution in [0, 0.1) is 19.8 Å². The molecule has 0 radical (unpaired) electrons. The van der Waals surface area contributed by atoms with Gasteiger partial charge in [0.1, 0.15) is 0 Å². The number of nitrogens with zero attached hydrogens (tertiary/aromatic N) is 1. The second-order valence-corrected chi connectivity index (χ2v) is 11.3. The normalized spacial score (nSPS) is 19.7. The largest absolute Gasteiger partial charge is 0.478 e. The topological polar surface area (TPSA) is 142 Å². The van der Waals surface area contributed by atoms with Crippen LogP contribution in [0.5, 0.6) is 0 Å². The third kappa shape index (κ3) is 6.42. The number of carboxylic acids is 2. The number of benzene rings is 3. The molecule has 232 valence electrons. The van der Waals surface area contributed by atoms with E-state index in [1.54, 1.807) is 38.1 Å². The number of nitrogens with one attached hydrogen (secondary N) is 1. The molecule has 1 fully saturated rings. The van der Waals surface area contributed by atoms with Crippen LogP contribution in [-0.4, -0.2) is 76.4 Å². The lowest BCUT2D eigenvalue weighted by Gasteiger charge is -2.46. The van der Waals surface area contributed by atoms with Crippen LogP contribution in [-0.2, 0) is 25.6 Å². The van der Waals surface area contributed by atoms with Crippen molar-refractivity contribution in [2.24, 2.45) is 5.92 Å². The Labute approximate surface area is 256 Å². The molecule has 0 amide bonds. The minimum atomic E-state index is -3.37. The number of piperidine rings is 1. The summed E-state index contributed by atoms with van der Waals surface area (Å²) in [5.41, 5.74) is -3.97. The molecule has 0 aliphatic carbocycles. The van der Waals surface area contributed by atoms with Crippen LogP contribution >= 0.6 is 0 Å². The summed E-state index contributed by atoms with van der Waals surface area (Å²) in [5.74, 6) is -6.49. The number of aryl methyl sites for hydroxylation is 2. The van der Waals surface area contributed by atoms with Gasteiger partial charge in [-0.2, -0.15) is 0 Å². The van der Waals surface area contributed by atoms with Gasteiger partial charge in [-0.05, 0) is 57.5 Å². The van der Waals surface area contributed by atoms with Crippen molar-refractivity contribution in [2.45, 2.75) is 51.2 Å². The average Bonchev–Trinajstić information content (AvgIpc) is 3.00. The zero-order chi connectivity index (χ0) is 32.1. The standard InChI is InChI=1S/C34H38N2O8/c1-22-10-14-26(15-11-22)29(37)33(31(39)40,44-30(38)27-16-12-23(2)13-17-27)34(35-4,32(41)42)43-28-21-36(19-18-24(28)3)20-25-8-6-5-7-9-25/h5-17,24,28,35H,18-21H2,1-4H3,(H,39,40)(H,41,42)/t24-,28+,33+,34?/m1/s1. The van der Waals surface area contributed by atoms with Crippen LogP contribution in [0.2, 0.25) is 0 Å². The fraction of sp³-hybridized carbons (Fsp3) is 0.353. The molecule has 1 unspecified atom stereocenters. The van der Waals surface area contributed by atoms with Crippen molar-refractivity contribution in [1.82, 2.24) is 10.2 Å². The number of hydrogen-bond acceptors (Lipinski definition) is 8. The molecule has 3 aromatic rings. The number of ketones is 1. The summed E-state index contributed by atoms with van der Waals surface area (Å²) in [5, 5.41) is 24.1. The van der Waals surface area contributed by atoms with Crippen molar-refractivity contribution in [3.63, 3.8) is 0 Å². The molecule has 3 N–H and O–H groups in total. The first-order valence-corrected chi connectivity index (χ1v) is 14.4. The maximum absolute atomic E-state index is 14.3. The van der Waals surface area contributed by atoms with Crippen LogP contribution in [0.4, 0.5) is 0 Å². The van der Waals surface area contributed by atoms with Gasteiger partial charge in [0.2, 0.25) is 5.78 Å². The predicted octanol–water partition coefficient (Wildman–Crippen LogP) is 4.09. The van der Waals surface area contributed by atoms with E-state index >= 15 is 0 Å². The summed E-state index contributed by atoms with van der Waals surface area (Å²) in [6.45, 7) is 6.95. The number of likely N-dealkylation sites (tertiary alicyclic amines) is 1. The molecule has 44 heavy (non-hydrogen) atoms. The molecule has 1 heterocycles. The molecule has 1 aliphatic heterocycles. The Morgan fingerprint density at radius 2 is 1.43 bits per heavy atom. The summed E-state index contributed by atoms with van der Waals surface area (Å²) in [6.07, 6.45) is -0.231. The second kappa shape index (κ2) is 13.5. The Kier molecular flexibility index (Phi) is 9.98. The summed E-state index contributed by atoms with van der Waals surface area (Å²) in [4.78, 5) is 56.6. The van der Waals surface area contributed by atoms with E-state index in [2.05, 4.69) is 10.2 Å². The van der Waals surface area contributed by atoms with Crippen LogP contribution in [0.1, 0.15) is 50.8 Å². The minimum absolute atomic E-state index is 0.0617. The third-order valence-electron chi connectivity index (χ3n) is 8.17. The van der Waals surface area contributed by atoms with Crippen LogP contribution in [0.15, 0.2) is 78.9 Å². The number of Topliss-reactive ketones (excluding diaryl/α,β-unsaturated/α-hetero) is 1. The Balaban J connectivity index is 1.83. The number of carbonyl (C=O) groups excluding carboxylic acids is 2. The monoisotopic (exact) mass is 602 g/mol. The lowest BCUT2D eigenvalue weighted by molar-refractivity contribution is -0.234. The number of hydrogen-bond donors (Lipinski definition) is 3. The molecule has 4 rings (SSSR count). The smallest absolute Gasteiger partial charge is 0.361 e. The van der Waals surface area contributed by atoms with E-state index < -0.39 is 41.1 Å². The number of ether oxygens (including phenoxy) is 2. The Morgan fingerprint density at radius 3 is 1.95 bits per heavy atom. The zero-order valence-corrected chi connectivity index (χ0v) is 25.3. The quantitative estimate of drug-likeness (QED) is 0.120. The van der Waals surface area contributed by atoms with Gasteiger partial charge in [0.05, 0.1) is 11.7 Å². The highest BCUT2D eigenvalue weighted by Gasteiger charge is 2.72. The minimum Gasteiger partial charge on any atom is -0.478 e. The van der Waals surface area contributed by atoms with Gasteiger partial charge in [-0.1, -0.05) is 84.8 Å². The van der Waals surface area contributed by atoms with E-state index in [0.717, 1.165) is 16.7 Å². The number of rotatable bonds is 12. The molecule has 1 aliphatic rings. The maximum Gasteiger partial charge on any atom is 0.361 e. The van der Waals surface area contributed by atoms with Crippen molar-refractivity contribution in [2.75, 3.05) is 20.1 Å². The third-order valence-corrected chi connectivity index (χ3v) is 8.17. The summed E-state index contributed by atoms with van der Waals surface area (Å²) >= 11 is 0. The fourth-order valence-electron chi connectivity index (χ4n) is 5.45. The second-order valence-electron chi connectivity index (χ2n) is 11.3. The van der Waals surface area contributed by atoms with Gasteiger partial charge < -0.3 is 19.7 Å². The first-order valence-electron chi connectivity index (χ1n) is 14.4. The lowest BCUT2D eigenvalue weighted by Crippen LogP contribution is -2.77. The van der Waals surface area contributed by atoms with Gasteiger partial charge in [0, 0.05) is 18.7 Å². The van der Waals surface area contributed by atoms with E-state index in [9.17, 15) is 29.4 Å². The molecule has 4 atom stereocenters. The average molecular weight is 603 g/mol. The highest BCUT2D eigenvalue weighted by molar-refractivity contribution is 6.20. The highest BCUT2D eigenvalue weighted by Crippen LogP contribution is 2.37. The Morgan fingerprint density at radius 1 is 0.864 bits per heavy atom. The SMILES string of the molecule is CNC(O[C@H]1CN(Cc2ccccc2)CC[C@H]1C)(C(=O)O)[C@@](OC(=O)c1ccc(C)cc1)(C(=O)O)C(=O)c1ccc(C)cc1. The number of likely N-dealkylation sites (N-methyl/N-ethyl adjacent to an activating group) is 1. The van der Waals surface area contributed by atoms with Crippen molar-refractivity contribution in [3.8, 4) is 0 Å². The van der Waals surface area contributed by atoms with Crippen LogP contribution in [0.3, 0.4) is 0 Å². The van der Waals surface area contributed by atoms with Crippen LogP contribution < -0.4 is 5.32 Å². The first kappa shape index (κ1) is 32.5. The fourth-order valence-corrected chi connectivity index (χ4v) is 5.45. The number of esters is 1. The van der Waals surface area contributed by atoms with Crippen molar-refractivity contribution < 1.29 is 38.9 Å². The number of carboxylic acid groups (broad SMARTS) is 2. The number of aliphatic carboxylic acids is 2. The van der Waals surface area contributed by atoms with Gasteiger partial charge in [-0.25, -0.2) is 14.4 Å². The van der Waals surface area contributed by atoms with Crippen molar-refractivity contribution >= 4 is 23.7 Å². The van der Waals surface area contributed by atoms with Gasteiger partial charge in [0.25, 0.3) is 5.72 Å². The van der Waals surface area contributed by atoms with E-state index in [0.29, 0.717) is 19.5 Å². The van der Waals surface area contributed by atoms with Gasteiger partial charge in [-0.15, -0.1) is 0 Å². The molecule has 0 saturated carbocycles. The van der Waals surface area contributed by atoms with Crippen LogP contribution in [0.25, 0.3) is 0 Å². The highest BCUT2D eigenvalue weighted by atomic mass is 16.6. The number of carbonyl (C=O) groups is 4. The van der Waals surface area contributed by atoms with Gasteiger partial charge >= 0.3 is 23.5 Å². The molecule has 0 spiro atoms. The molecule has 1 saturated heterocycles. The van der Waals surface area contributed by atoms with E-state index in [4.69, 9.17) is 9.47 Å². The predicted molar refractivity (Wildman–Crippen MR) is 162 cm³/mol.